The summed E-state index contributed by atoms with van der Waals surface area (Å²) >= 11 is 6.40. The number of ether oxygens (including phenoxy) is 1. The lowest BCUT2D eigenvalue weighted by Crippen LogP contribution is -2.65. The molecule has 0 atom stereocenters. The van der Waals surface area contributed by atoms with Crippen LogP contribution in [0.15, 0.2) is 41.2 Å². The first-order valence-corrected chi connectivity index (χ1v) is 12.1. The van der Waals surface area contributed by atoms with E-state index in [-0.39, 0.29) is 16.7 Å². The molecule has 0 spiro atoms. The molecule has 1 aliphatic heterocycles. The van der Waals surface area contributed by atoms with Crippen LogP contribution in [0.25, 0.3) is 10.9 Å². The Balaban J connectivity index is 1.70. The molecule has 11 heteroatoms. The van der Waals surface area contributed by atoms with Crippen molar-refractivity contribution in [1.82, 2.24) is 14.5 Å². The predicted molar refractivity (Wildman–Crippen MR) is 136 cm³/mol. The number of likely N-dealkylation sites (tertiary alicyclic amines) is 1. The van der Waals surface area contributed by atoms with Crippen molar-refractivity contribution in [2.75, 3.05) is 18.4 Å². The number of anilines is 1. The highest BCUT2D eigenvalue weighted by Crippen LogP contribution is 2.40. The number of carbonyl (C=O) groups is 1. The van der Waals surface area contributed by atoms with Gasteiger partial charge >= 0.3 is 12.3 Å². The van der Waals surface area contributed by atoms with Crippen molar-refractivity contribution in [2.45, 2.75) is 58.5 Å². The molecule has 198 valence electrons. The van der Waals surface area contributed by atoms with Crippen LogP contribution in [-0.2, 0) is 16.8 Å². The van der Waals surface area contributed by atoms with Crippen LogP contribution in [0.1, 0.15) is 37.7 Å². The molecule has 0 unspecified atom stereocenters. The Labute approximate surface area is 217 Å². The van der Waals surface area contributed by atoms with Crippen LogP contribution in [0.5, 0.6) is 0 Å². The molecule has 0 aliphatic carbocycles. The monoisotopic (exact) mass is 536 g/mol. The average Bonchev–Trinajstić information content (AvgIpc) is 2.73. The van der Waals surface area contributed by atoms with Crippen molar-refractivity contribution in [3.8, 4) is 0 Å². The lowest BCUT2D eigenvalue weighted by molar-refractivity contribution is -0.141. The maximum absolute atomic E-state index is 13.0. The van der Waals surface area contributed by atoms with Crippen molar-refractivity contribution < 1.29 is 22.7 Å². The number of nitrogens with one attached hydrogen (secondary N) is 1. The van der Waals surface area contributed by atoms with E-state index in [1.165, 1.54) is 13.0 Å². The first-order valence-electron chi connectivity index (χ1n) is 11.7. The maximum atomic E-state index is 13.0. The van der Waals surface area contributed by atoms with Gasteiger partial charge in [0, 0.05) is 10.7 Å². The first-order chi connectivity index (χ1) is 17.1. The zero-order chi connectivity index (χ0) is 27.3. The van der Waals surface area contributed by atoms with E-state index in [0.29, 0.717) is 28.4 Å². The molecule has 1 amide bonds. The second kappa shape index (κ2) is 9.24. The highest BCUT2D eigenvalue weighted by Gasteiger charge is 2.49. The van der Waals surface area contributed by atoms with E-state index in [9.17, 15) is 22.8 Å². The Morgan fingerprint density at radius 1 is 1.16 bits per heavy atom. The number of alkyl halides is 3. The highest BCUT2D eigenvalue weighted by molar-refractivity contribution is 6.31. The molecule has 2 heterocycles. The van der Waals surface area contributed by atoms with Crippen LogP contribution in [0, 0.1) is 13.8 Å². The number of aromatic nitrogens is 2. The molecule has 1 aliphatic rings. The van der Waals surface area contributed by atoms with Crippen LogP contribution in [0.4, 0.5) is 23.7 Å². The average molecular weight is 537 g/mol. The topological polar surface area (TPSA) is 76.5 Å². The molecule has 7 nitrogen and oxygen atoms in total. The van der Waals surface area contributed by atoms with Crippen LogP contribution in [0.2, 0.25) is 5.02 Å². The molecule has 1 aromatic heterocycles. The molecule has 2 aromatic carbocycles. The zero-order valence-electron chi connectivity index (χ0n) is 21.2. The molecule has 1 N–H and O–H groups in total. The van der Waals surface area contributed by atoms with Crippen molar-refractivity contribution >= 4 is 34.3 Å². The highest BCUT2D eigenvalue weighted by atomic mass is 35.5. The number of hydrogen-bond acceptors (Lipinski definition) is 5. The van der Waals surface area contributed by atoms with Gasteiger partial charge in [-0.3, -0.25) is 9.36 Å². The fourth-order valence-electron chi connectivity index (χ4n) is 4.56. The molecule has 0 bridgehead atoms. The number of rotatable bonds is 4. The molecule has 3 aromatic rings. The Bertz CT molecular complexity index is 1420. The summed E-state index contributed by atoms with van der Waals surface area (Å²) in [6, 6.07) is 10.3. The van der Waals surface area contributed by atoms with Crippen LogP contribution in [-0.4, -0.2) is 45.4 Å². The first kappa shape index (κ1) is 26.8. The predicted octanol–water partition coefficient (Wildman–Crippen LogP) is 5.79. The molecule has 37 heavy (non-hydrogen) atoms. The van der Waals surface area contributed by atoms with Crippen molar-refractivity contribution in [1.29, 1.82) is 0 Å². The van der Waals surface area contributed by atoms with Gasteiger partial charge in [0.2, 0.25) is 0 Å². The fourth-order valence-corrected chi connectivity index (χ4v) is 4.73. The molecule has 0 saturated carbocycles. The number of aryl methyl sites for hydroxylation is 1. The summed E-state index contributed by atoms with van der Waals surface area (Å²) < 4.78 is 45.0. The van der Waals surface area contributed by atoms with Crippen LogP contribution < -0.4 is 10.9 Å². The number of benzene rings is 2. The van der Waals surface area contributed by atoms with Gasteiger partial charge in [-0.05, 0) is 70.0 Å². The van der Waals surface area contributed by atoms with E-state index in [0.717, 1.165) is 11.1 Å². The summed E-state index contributed by atoms with van der Waals surface area (Å²) in [7, 11) is 0. The van der Waals surface area contributed by atoms with E-state index in [1.54, 1.807) is 43.9 Å². The number of nitrogens with zero attached hydrogens (tertiary/aromatic N) is 3. The Hall–Kier alpha value is -3.27. The number of carbonyl (C=O) groups excluding carboxylic acids is 1. The van der Waals surface area contributed by atoms with Gasteiger partial charge in [-0.1, -0.05) is 23.7 Å². The Morgan fingerprint density at radius 2 is 1.84 bits per heavy atom. The summed E-state index contributed by atoms with van der Waals surface area (Å²) in [5.41, 5.74) is 0.499. The minimum atomic E-state index is -4.54. The second-order valence-corrected chi connectivity index (χ2v) is 10.8. The van der Waals surface area contributed by atoms with Gasteiger partial charge < -0.3 is 15.0 Å². The Morgan fingerprint density at radius 3 is 2.46 bits per heavy atom. The summed E-state index contributed by atoms with van der Waals surface area (Å²) in [5.74, 6) is -0.0351. The quantitative estimate of drug-likeness (QED) is 0.457. The summed E-state index contributed by atoms with van der Waals surface area (Å²) in [6.45, 7) is 7.83. The van der Waals surface area contributed by atoms with Crippen LogP contribution in [0.3, 0.4) is 0 Å². The fraction of sp³-hybridized carbons (Fsp3) is 0.423. The number of halogens is 4. The van der Waals surface area contributed by atoms with Gasteiger partial charge in [-0.2, -0.15) is 13.2 Å². The van der Waals surface area contributed by atoms with Gasteiger partial charge in [-0.25, -0.2) is 9.78 Å². The van der Waals surface area contributed by atoms with Gasteiger partial charge in [0.25, 0.3) is 5.56 Å². The van der Waals surface area contributed by atoms with E-state index >= 15 is 0 Å². The van der Waals surface area contributed by atoms with Gasteiger partial charge in [0.1, 0.15) is 18.0 Å². The van der Waals surface area contributed by atoms with Crippen molar-refractivity contribution in [2.24, 2.45) is 0 Å². The van der Waals surface area contributed by atoms with E-state index in [1.807, 2.05) is 19.1 Å². The second-order valence-electron chi connectivity index (χ2n) is 10.4. The summed E-state index contributed by atoms with van der Waals surface area (Å²) in [4.78, 5) is 31.3. The third kappa shape index (κ3) is 5.53. The van der Waals surface area contributed by atoms with E-state index in [4.69, 9.17) is 16.3 Å². The van der Waals surface area contributed by atoms with E-state index < -0.39 is 35.5 Å². The number of fused-ring (bicyclic) bond motifs is 1. The minimum absolute atomic E-state index is 0.0351. The van der Waals surface area contributed by atoms with Gasteiger partial charge in [0.05, 0.1) is 29.5 Å². The van der Waals surface area contributed by atoms with Crippen LogP contribution >= 0.6 is 11.6 Å². The molecule has 1 saturated heterocycles. The number of hydrogen-bond donors (Lipinski definition) is 1. The standard InChI is InChI=1S/C26H28ClF3N4O3/c1-15-19(7-6-8-20(15)27)25(12-33(13-25)23(36)37-24(3,4)5)32-17-9-10-18-21(11-17)31-16(2)34(22(18)35)14-26(28,29)30/h6-11,32H,12-14H2,1-5H3. The third-order valence-electron chi connectivity index (χ3n) is 6.22. The Kier molecular flexibility index (Phi) is 6.69. The zero-order valence-corrected chi connectivity index (χ0v) is 21.9. The smallest absolute Gasteiger partial charge is 0.410 e. The molecule has 0 radical (unpaired) electrons. The summed E-state index contributed by atoms with van der Waals surface area (Å²) in [6.07, 6.45) is -4.98. The van der Waals surface area contributed by atoms with Crippen molar-refractivity contribution in [3.05, 3.63) is 68.7 Å². The maximum Gasteiger partial charge on any atom is 0.410 e. The van der Waals surface area contributed by atoms with Gasteiger partial charge in [-0.15, -0.1) is 0 Å². The van der Waals surface area contributed by atoms with Gasteiger partial charge in [0.15, 0.2) is 0 Å². The lowest BCUT2D eigenvalue weighted by Gasteiger charge is -2.51. The van der Waals surface area contributed by atoms with E-state index in [2.05, 4.69) is 10.3 Å². The normalized spacial score (nSPS) is 15.4. The summed E-state index contributed by atoms with van der Waals surface area (Å²) in [5, 5.41) is 4.13. The SMILES string of the molecule is Cc1c(Cl)cccc1C1(Nc2ccc3c(=O)n(CC(F)(F)F)c(C)nc3c2)CN(C(=O)OC(C)(C)C)C1. The molecule has 1 fully saturated rings. The lowest BCUT2D eigenvalue weighted by atomic mass is 9.80. The molecule has 4 rings (SSSR count). The third-order valence-corrected chi connectivity index (χ3v) is 6.63. The van der Waals surface area contributed by atoms with Crippen molar-refractivity contribution in [3.63, 3.8) is 0 Å². The molecular formula is C26H28ClF3N4O3. The molecular weight excluding hydrogens is 509 g/mol. The largest absolute Gasteiger partial charge is 0.444 e. The number of amides is 1. The minimum Gasteiger partial charge on any atom is -0.444 e.